The zero-order chi connectivity index (χ0) is 13.1. The molecule has 18 heavy (non-hydrogen) atoms. The normalized spacial score (nSPS) is 12.9. The number of methoxy groups -OCH3 is 1. The van der Waals surface area contributed by atoms with Crippen LogP contribution in [0.1, 0.15) is 23.1 Å². The van der Waals surface area contributed by atoms with Gasteiger partial charge < -0.3 is 14.5 Å². The summed E-state index contributed by atoms with van der Waals surface area (Å²) in [5.41, 5.74) is 1.16. The summed E-state index contributed by atoms with van der Waals surface area (Å²) in [6.45, 7) is 0.491. The molecule has 0 amide bonds. The van der Waals surface area contributed by atoms with Crippen molar-refractivity contribution in [3.05, 3.63) is 42.9 Å². The average molecular weight is 395 g/mol. The van der Waals surface area contributed by atoms with Gasteiger partial charge in [0.25, 0.3) is 0 Å². The van der Waals surface area contributed by atoms with Crippen LogP contribution in [0.4, 0.5) is 0 Å². The van der Waals surface area contributed by atoms with Gasteiger partial charge in [0.1, 0.15) is 18.1 Å². The van der Waals surface area contributed by atoms with E-state index in [1.165, 1.54) is 0 Å². The smallest absolute Gasteiger partial charge is 0.129 e. The monoisotopic (exact) mass is 393 g/mol. The van der Waals surface area contributed by atoms with Crippen LogP contribution in [0.5, 0.6) is 0 Å². The molecule has 98 valence electrons. The van der Waals surface area contributed by atoms with E-state index in [9.17, 15) is 0 Å². The fraction of sp³-hybridized carbons (Fsp3) is 0.333. The predicted octanol–water partition coefficient (Wildman–Crippen LogP) is 4.32. The highest BCUT2D eigenvalue weighted by Gasteiger charge is 2.20. The van der Waals surface area contributed by atoms with Gasteiger partial charge in [-0.3, -0.25) is 0 Å². The lowest BCUT2D eigenvalue weighted by Crippen LogP contribution is -2.16. The van der Waals surface area contributed by atoms with Crippen LogP contribution >= 0.6 is 43.2 Å². The van der Waals surface area contributed by atoms with E-state index in [-0.39, 0.29) is 6.04 Å². The third-order valence-corrected chi connectivity index (χ3v) is 4.92. The van der Waals surface area contributed by atoms with Gasteiger partial charge in [-0.15, -0.1) is 11.3 Å². The maximum Gasteiger partial charge on any atom is 0.129 e. The minimum atomic E-state index is 0.0348. The highest BCUT2D eigenvalue weighted by atomic mass is 79.9. The number of hydrogen-bond donors (Lipinski definition) is 1. The SMILES string of the molecule is CNC(c1ccc(COC)o1)c1cc(Br)sc1Br. The Morgan fingerprint density at radius 3 is 2.78 bits per heavy atom. The van der Waals surface area contributed by atoms with Crippen LogP contribution in [-0.4, -0.2) is 14.2 Å². The van der Waals surface area contributed by atoms with Gasteiger partial charge in [-0.1, -0.05) is 0 Å². The minimum absolute atomic E-state index is 0.0348. The Morgan fingerprint density at radius 1 is 1.44 bits per heavy atom. The predicted molar refractivity (Wildman–Crippen MR) is 80.0 cm³/mol. The summed E-state index contributed by atoms with van der Waals surface area (Å²) >= 11 is 8.72. The first-order valence-electron chi connectivity index (χ1n) is 5.35. The van der Waals surface area contributed by atoms with E-state index in [4.69, 9.17) is 9.15 Å². The zero-order valence-corrected chi connectivity index (χ0v) is 14.0. The molecule has 0 saturated heterocycles. The van der Waals surface area contributed by atoms with Crippen molar-refractivity contribution in [3.63, 3.8) is 0 Å². The van der Waals surface area contributed by atoms with Crippen LogP contribution in [-0.2, 0) is 11.3 Å². The molecule has 0 aromatic carbocycles. The molecule has 6 heteroatoms. The van der Waals surface area contributed by atoms with Crippen LogP contribution in [0.25, 0.3) is 0 Å². The number of thiophene rings is 1. The Bertz CT molecular complexity index is 524. The molecule has 1 atom stereocenters. The van der Waals surface area contributed by atoms with E-state index in [1.54, 1.807) is 18.4 Å². The van der Waals surface area contributed by atoms with Crippen molar-refractivity contribution in [1.82, 2.24) is 5.32 Å². The lowest BCUT2D eigenvalue weighted by molar-refractivity contribution is 0.162. The zero-order valence-electron chi connectivity index (χ0n) is 10.00. The summed E-state index contributed by atoms with van der Waals surface area (Å²) in [6.07, 6.45) is 0. The van der Waals surface area contributed by atoms with E-state index < -0.39 is 0 Å². The van der Waals surface area contributed by atoms with Crippen molar-refractivity contribution in [2.45, 2.75) is 12.6 Å². The maximum absolute atomic E-state index is 5.78. The van der Waals surface area contributed by atoms with Crippen LogP contribution in [0.3, 0.4) is 0 Å². The molecule has 0 aliphatic heterocycles. The number of halogens is 2. The van der Waals surface area contributed by atoms with Gasteiger partial charge in [-0.05, 0) is 57.1 Å². The summed E-state index contributed by atoms with van der Waals surface area (Å²) in [4.78, 5) is 0. The first-order valence-corrected chi connectivity index (χ1v) is 7.75. The average Bonchev–Trinajstić information content (AvgIpc) is 2.89. The Labute approximate surface area is 127 Å². The van der Waals surface area contributed by atoms with Crippen molar-refractivity contribution in [2.24, 2.45) is 0 Å². The van der Waals surface area contributed by atoms with Gasteiger partial charge in [0.2, 0.25) is 0 Å². The molecular weight excluding hydrogens is 382 g/mol. The van der Waals surface area contributed by atoms with E-state index in [2.05, 4.69) is 43.2 Å². The molecule has 0 radical (unpaired) electrons. The highest BCUT2D eigenvalue weighted by Crippen LogP contribution is 2.38. The van der Waals surface area contributed by atoms with Crippen molar-refractivity contribution >= 4 is 43.2 Å². The van der Waals surface area contributed by atoms with Crippen molar-refractivity contribution in [1.29, 1.82) is 0 Å². The molecule has 0 fully saturated rings. The second-order valence-electron chi connectivity index (χ2n) is 3.74. The topological polar surface area (TPSA) is 34.4 Å². The molecule has 0 aliphatic carbocycles. The van der Waals surface area contributed by atoms with Gasteiger partial charge in [-0.2, -0.15) is 0 Å². The second kappa shape index (κ2) is 6.34. The van der Waals surface area contributed by atoms with Crippen molar-refractivity contribution in [3.8, 4) is 0 Å². The lowest BCUT2D eigenvalue weighted by Gasteiger charge is -2.12. The molecule has 0 aliphatic rings. The highest BCUT2D eigenvalue weighted by molar-refractivity contribution is 9.12. The molecule has 2 aromatic heterocycles. The van der Waals surface area contributed by atoms with Crippen LogP contribution in [0.2, 0.25) is 0 Å². The summed E-state index contributed by atoms with van der Waals surface area (Å²) in [5.74, 6) is 1.72. The van der Waals surface area contributed by atoms with Crippen molar-refractivity contribution < 1.29 is 9.15 Å². The van der Waals surface area contributed by atoms with E-state index in [0.29, 0.717) is 6.61 Å². The van der Waals surface area contributed by atoms with Crippen LogP contribution in [0, 0.1) is 0 Å². The number of furan rings is 1. The third-order valence-electron chi connectivity index (χ3n) is 2.54. The molecule has 1 N–H and O–H groups in total. The Hall–Kier alpha value is -0.140. The molecule has 1 unspecified atom stereocenters. The first kappa shape index (κ1) is 14.3. The Kier molecular flexibility index (Phi) is 5.03. The van der Waals surface area contributed by atoms with Crippen molar-refractivity contribution in [2.75, 3.05) is 14.2 Å². The van der Waals surface area contributed by atoms with E-state index in [0.717, 1.165) is 24.7 Å². The standard InChI is InChI=1S/C12H13Br2NO2S/c1-15-11(8-5-10(13)18-12(8)14)9-4-3-7(17-9)6-16-2/h3-5,11,15H,6H2,1-2H3. The minimum Gasteiger partial charge on any atom is -0.462 e. The number of hydrogen-bond acceptors (Lipinski definition) is 4. The molecule has 2 rings (SSSR count). The van der Waals surface area contributed by atoms with Gasteiger partial charge in [0.05, 0.1) is 13.6 Å². The van der Waals surface area contributed by atoms with Gasteiger partial charge in [-0.25, -0.2) is 0 Å². The molecule has 0 spiro atoms. The molecular formula is C12H13Br2NO2S. The Balaban J connectivity index is 2.29. The molecule has 2 aromatic rings. The fourth-order valence-electron chi connectivity index (χ4n) is 1.77. The van der Waals surface area contributed by atoms with E-state index in [1.807, 2.05) is 19.2 Å². The first-order chi connectivity index (χ1) is 8.65. The lowest BCUT2D eigenvalue weighted by atomic mass is 10.1. The molecule has 0 saturated carbocycles. The van der Waals surface area contributed by atoms with Crippen LogP contribution in [0.15, 0.2) is 30.2 Å². The molecule has 3 nitrogen and oxygen atoms in total. The Morgan fingerprint density at radius 2 is 2.22 bits per heavy atom. The number of ether oxygens (including phenoxy) is 1. The second-order valence-corrected chi connectivity index (χ2v) is 7.49. The van der Waals surface area contributed by atoms with Gasteiger partial charge >= 0.3 is 0 Å². The largest absolute Gasteiger partial charge is 0.462 e. The summed E-state index contributed by atoms with van der Waals surface area (Å²) in [7, 11) is 3.57. The van der Waals surface area contributed by atoms with Gasteiger partial charge in [0, 0.05) is 12.7 Å². The summed E-state index contributed by atoms with van der Waals surface area (Å²) < 4.78 is 13.0. The fourth-order valence-corrected chi connectivity index (χ4v) is 4.67. The summed E-state index contributed by atoms with van der Waals surface area (Å²) in [5, 5.41) is 3.27. The maximum atomic E-state index is 5.78. The molecule has 2 heterocycles. The third kappa shape index (κ3) is 3.05. The van der Waals surface area contributed by atoms with Crippen LogP contribution < -0.4 is 5.32 Å². The molecule has 0 bridgehead atoms. The quantitative estimate of drug-likeness (QED) is 0.819. The summed E-state index contributed by atoms with van der Waals surface area (Å²) in [6, 6.07) is 6.05. The number of nitrogens with one attached hydrogen (secondary N) is 1. The van der Waals surface area contributed by atoms with E-state index >= 15 is 0 Å². The number of rotatable bonds is 5. The van der Waals surface area contributed by atoms with Gasteiger partial charge in [0.15, 0.2) is 0 Å².